The van der Waals surface area contributed by atoms with E-state index in [1.165, 1.54) is 16.8 Å². The molecule has 0 saturated heterocycles. The Kier molecular flexibility index (Phi) is 4.84. The van der Waals surface area contributed by atoms with Crippen LogP contribution in [-0.4, -0.2) is 47.8 Å². The molecule has 0 radical (unpaired) electrons. The monoisotopic (exact) mass is 238 g/mol. The molecule has 0 spiro atoms. The van der Waals surface area contributed by atoms with Crippen LogP contribution < -0.4 is 10.9 Å². The van der Waals surface area contributed by atoms with Crippen LogP contribution in [0.5, 0.6) is 0 Å². The van der Waals surface area contributed by atoms with Gasteiger partial charge in [0.1, 0.15) is 5.69 Å². The SMILES string of the molecule is CCn1nc(C(=O)NCCN(C)C)ccc1=O. The molecule has 1 aromatic rings. The summed E-state index contributed by atoms with van der Waals surface area (Å²) in [5.74, 6) is -0.256. The van der Waals surface area contributed by atoms with E-state index in [4.69, 9.17) is 0 Å². The summed E-state index contributed by atoms with van der Waals surface area (Å²) in [7, 11) is 3.86. The number of nitrogens with zero attached hydrogens (tertiary/aromatic N) is 3. The molecule has 0 atom stereocenters. The molecule has 0 aromatic carbocycles. The van der Waals surface area contributed by atoms with Crippen LogP contribution in [0.3, 0.4) is 0 Å². The highest BCUT2D eigenvalue weighted by Crippen LogP contribution is 1.90. The standard InChI is InChI=1S/C11H18N4O2/c1-4-15-10(16)6-5-9(13-15)11(17)12-7-8-14(2)3/h5-6H,4,7-8H2,1-3H3,(H,12,17). The quantitative estimate of drug-likeness (QED) is 0.755. The number of rotatable bonds is 5. The van der Waals surface area contributed by atoms with E-state index in [1.807, 2.05) is 25.9 Å². The van der Waals surface area contributed by atoms with E-state index in [0.717, 1.165) is 6.54 Å². The lowest BCUT2D eigenvalue weighted by molar-refractivity contribution is 0.0943. The minimum atomic E-state index is -0.256. The molecule has 0 fully saturated rings. The summed E-state index contributed by atoms with van der Waals surface area (Å²) in [6.45, 7) is 3.58. The van der Waals surface area contributed by atoms with Gasteiger partial charge in [-0.3, -0.25) is 9.59 Å². The minimum Gasteiger partial charge on any atom is -0.349 e. The molecule has 1 rings (SSSR count). The first-order chi connectivity index (χ1) is 8.04. The van der Waals surface area contributed by atoms with E-state index in [1.54, 1.807) is 0 Å². The van der Waals surface area contributed by atoms with E-state index in [9.17, 15) is 9.59 Å². The molecule has 1 amide bonds. The van der Waals surface area contributed by atoms with Crippen LogP contribution in [0.15, 0.2) is 16.9 Å². The Hall–Kier alpha value is -1.69. The first-order valence-corrected chi connectivity index (χ1v) is 5.55. The molecule has 0 aliphatic carbocycles. The molecule has 6 nitrogen and oxygen atoms in total. The van der Waals surface area contributed by atoms with Crippen LogP contribution in [0, 0.1) is 0 Å². The lowest BCUT2D eigenvalue weighted by atomic mass is 10.3. The third-order valence-corrected chi connectivity index (χ3v) is 2.24. The van der Waals surface area contributed by atoms with Crippen molar-refractivity contribution in [2.24, 2.45) is 0 Å². The molecule has 1 aromatic heterocycles. The van der Waals surface area contributed by atoms with Gasteiger partial charge in [-0.05, 0) is 27.1 Å². The highest BCUT2D eigenvalue weighted by molar-refractivity contribution is 5.91. The second-order valence-corrected chi connectivity index (χ2v) is 3.93. The molecular weight excluding hydrogens is 220 g/mol. The Labute approximate surface area is 100 Å². The summed E-state index contributed by atoms with van der Waals surface area (Å²) in [6.07, 6.45) is 0. The van der Waals surface area contributed by atoms with E-state index < -0.39 is 0 Å². The molecule has 1 heterocycles. The number of hydrogen-bond acceptors (Lipinski definition) is 4. The molecule has 6 heteroatoms. The van der Waals surface area contributed by atoms with E-state index in [2.05, 4.69) is 10.4 Å². The average molecular weight is 238 g/mol. The van der Waals surface area contributed by atoms with Gasteiger partial charge in [0.05, 0.1) is 0 Å². The number of aromatic nitrogens is 2. The summed E-state index contributed by atoms with van der Waals surface area (Å²) >= 11 is 0. The summed E-state index contributed by atoms with van der Waals surface area (Å²) in [6, 6.07) is 2.80. The fourth-order valence-electron chi connectivity index (χ4n) is 1.28. The maximum Gasteiger partial charge on any atom is 0.271 e. The molecule has 94 valence electrons. The molecule has 0 aliphatic heterocycles. The number of likely N-dealkylation sites (N-methyl/N-ethyl adjacent to an activating group) is 1. The van der Waals surface area contributed by atoms with Crippen LogP contribution >= 0.6 is 0 Å². The Morgan fingerprint density at radius 1 is 1.47 bits per heavy atom. The van der Waals surface area contributed by atoms with Crippen molar-refractivity contribution in [1.82, 2.24) is 20.0 Å². The van der Waals surface area contributed by atoms with Crippen molar-refractivity contribution in [2.45, 2.75) is 13.5 Å². The normalized spacial score (nSPS) is 10.6. The van der Waals surface area contributed by atoms with Gasteiger partial charge in [-0.15, -0.1) is 0 Å². The molecule has 17 heavy (non-hydrogen) atoms. The van der Waals surface area contributed by atoms with Crippen molar-refractivity contribution in [1.29, 1.82) is 0 Å². The Bertz CT molecular complexity index is 439. The van der Waals surface area contributed by atoms with Gasteiger partial charge in [0.25, 0.3) is 11.5 Å². The number of hydrogen-bond donors (Lipinski definition) is 1. The highest BCUT2D eigenvalue weighted by atomic mass is 16.2. The fourth-order valence-corrected chi connectivity index (χ4v) is 1.28. The average Bonchev–Trinajstić information content (AvgIpc) is 2.29. The topological polar surface area (TPSA) is 67.2 Å². The van der Waals surface area contributed by atoms with Crippen molar-refractivity contribution in [2.75, 3.05) is 27.2 Å². The van der Waals surface area contributed by atoms with Gasteiger partial charge in [-0.2, -0.15) is 5.10 Å². The van der Waals surface area contributed by atoms with Crippen LogP contribution in [0.2, 0.25) is 0 Å². The number of nitrogens with one attached hydrogen (secondary N) is 1. The summed E-state index contributed by atoms with van der Waals surface area (Å²) in [5.41, 5.74) is 0.0718. The van der Waals surface area contributed by atoms with Crippen molar-refractivity contribution in [3.05, 3.63) is 28.2 Å². The second-order valence-electron chi connectivity index (χ2n) is 3.93. The van der Waals surface area contributed by atoms with Gasteiger partial charge < -0.3 is 10.2 Å². The molecule has 0 unspecified atom stereocenters. The third kappa shape index (κ3) is 3.99. The predicted octanol–water partition coefficient (Wildman–Crippen LogP) is -0.445. The number of carbonyl (C=O) groups is 1. The minimum absolute atomic E-state index is 0.197. The highest BCUT2D eigenvalue weighted by Gasteiger charge is 2.08. The number of amides is 1. The van der Waals surface area contributed by atoms with Crippen molar-refractivity contribution >= 4 is 5.91 Å². The van der Waals surface area contributed by atoms with Gasteiger partial charge in [0.2, 0.25) is 0 Å². The zero-order chi connectivity index (χ0) is 12.8. The molecular formula is C11H18N4O2. The summed E-state index contributed by atoms with van der Waals surface area (Å²) < 4.78 is 1.26. The maximum absolute atomic E-state index is 11.7. The third-order valence-electron chi connectivity index (χ3n) is 2.24. The smallest absolute Gasteiger partial charge is 0.271 e. The first-order valence-electron chi connectivity index (χ1n) is 5.55. The van der Waals surface area contributed by atoms with Crippen LogP contribution in [-0.2, 0) is 6.54 Å². The van der Waals surface area contributed by atoms with E-state index in [0.29, 0.717) is 13.1 Å². The Morgan fingerprint density at radius 3 is 2.76 bits per heavy atom. The van der Waals surface area contributed by atoms with Crippen LogP contribution in [0.4, 0.5) is 0 Å². The van der Waals surface area contributed by atoms with Crippen molar-refractivity contribution < 1.29 is 4.79 Å². The zero-order valence-corrected chi connectivity index (χ0v) is 10.4. The van der Waals surface area contributed by atoms with E-state index >= 15 is 0 Å². The second kappa shape index (κ2) is 6.15. The van der Waals surface area contributed by atoms with Crippen molar-refractivity contribution in [3.8, 4) is 0 Å². The molecule has 0 bridgehead atoms. The summed E-state index contributed by atoms with van der Waals surface area (Å²) in [4.78, 5) is 25.0. The van der Waals surface area contributed by atoms with Gasteiger partial charge in [0, 0.05) is 25.7 Å². The number of carbonyl (C=O) groups excluding carboxylic acids is 1. The maximum atomic E-state index is 11.7. The Morgan fingerprint density at radius 2 is 2.18 bits per heavy atom. The van der Waals surface area contributed by atoms with Crippen molar-refractivity contribution in [3.63, 3.8) is 0 Å². The zero-order valence-electron chi connectivity index (χ0n) is 10.4. The number of aryl methyl sites for hydroxylation is 1. The largest absolute Gasteiger partial charge is 0.349 e. The van der Waals surface area contributed by atoms with Gasteiger partial charge in [-0.1, -0.05) is 0 Å². The lowest BCUT2D eigenvalue weighted by Crippen LogP contribution is -2.33. The molecule has 0 aliphatic rings. The lowest BCUT2D eigenvalue weighted by Gasteiger charge is -2.10. The predicted molar refractivity (Wildman–Crippen MR) is 65.1 cm³/mol. The molecule has 0 saturated carbocycles. The van der Waals surface area contributed by atoms with Gasteiger partial charge in [-0.25, -0.2) is 4.68 Å². The van der Waals surface area contributed by atoms with Crippen LogP contribution in [0.1, 0.15) is 17.4 Å². The van der Waals surface area contributed by atoms with E-state index in [-0.39, 0.29) is 17.2 Å². The van der Waals surface area contributed by atoms with Crippen LogP contribution in [0.25, 0.3) is 0 Å². The summed E-state index contributed by atoms with van der Waals surface area (Å²) in [5, 5.41) is 6.71. The first kappa shape index (κ1) is 13.4. The fraction of sp³-hybridized carbons (Fsp3) is 0.545. The van der Waals surface area contributed by atoms with Gasteiger partial charge >= 0.3 is 0 Å². The van der Waals surface area contributed by atoms with Gasteiger partial charge in [0.15, 0.2) is 0 Å². The Balaban J connectivity index is 2.66. The molecule has 1 N–H and O–H groups in total.